The Bertz CT molecular complexity index is 180. The smallest absolute Gasteiger partial charge is 0.407 e. The first-order valence-corrected chi connectivity index (χ1v) is 4.25. The topological polar surface area (TPSA) is 81.4 Å². The lowest BCUT2D eigenvalue weighted by Crippen LogP contribution is -2.28. The SMILES string of the molecule is CC(C)OC(=O)NCCCC(N)=O. The third-order valence-corrected chi connectivity index (χ3v) is 1.21. The predicted molar refractivity (Wildman–Crippen MR) is 48.0 cm³/mol. The van der Waals surface area contributed by atoms with Gasteiger partial charge in [-0.3, -0.25) is 4.79 Å². The molecule has 76 valence electrons. The number of nitrogens with two attached hydrogens (primary N) is 1. The van der Waals surface area contributed by atoms with Crippen LogP contribution in [-0.4, -0.2) is 24.6 Å². The molecule has 0 radical (unpaired) electrons. The van der Waals surface area contributed by atoms with Crippen LogP contribution in [0, 0.1) is 0 Å². The Labute approximate surface area is 77.6 Å². The summed E-state index contributed by atoms with van der Waals surface area (Å²) in [6, 6.07) is 0. The first-order chi connectivity index (χ1) is 6.02. The summed E-state index contributed by atoms with van der Waals surface area (Å²) >= 11 is 0. The number of hydrogen-bond donors (Lipinski definition) is 2. The molecular weight excluding hydrogens is 172 g/mol. The third kappa shape index (κ3) is 8.65. The van der Waals surface area contributed by atoms with Gasteiger partial charge in [0.05, 0.1) is 6.10 Å². The van der Waals surface area contributed by atoms with E-state index in [1.165, 1.54) is 0 Å². The van der Waals surface area contributed by atoms with Crippen LogP contribution in [0.5, 0.6) is 0 Å². The van der Waals surface area contributed by atoms with Crippen molar-refractivity contribution >= 4 is 12.0 Å². The van der Waals surface area contributed by atoms with Gasteiger partial charge in [0.15, 0.2) is 0 Å². The van der Waals surface area contributed by atoms with E-state index in [2.05, 4.69) is 5.32 Å². The molecule has 0 rings (SSSR count). The first-order valence-electron chi connectivity index (χ1n) is 4.25. The molecule has 0 unspecified atom stereocenters. The standard InChI is InChI=1S/C8H16N2O3/c1-6(2)13-8(12)10-5-3-4-7(9)11/h6H,3-5H2,1-2H3,(H2,9,11)(H,10,12). The van der Waals surface area contributed by atoms with E-state index in [9.17, 15) is 9.59 Å². The van der Waals surface area contributed by atoms with Crippen LogP contribution in [-0.2, 0) is 9.53 Å². The van der Waals surface area contributed by atoms with Gasteiger partial charge < -0.3 is 15.8 Å². The molecule has 5 heteroatoms. The molecule has 0 aromatic carbocycles. The number of hydrogen-bond acceptors (Lipinski definition) is 3. The number of alkyl carbamates (subject to hydrolysis) is 1. The zero-order chi connectivity index (χ0) is 10.3. The molecule has 0 aliphatic rings. The van der Waals surface area contributed by atoms with E-state index in [1.54, 1.807) is 13.8 Å². The number of rotatable bonds is 5. The molecule has 5 nitrogen and oxygen atoms in total. The minimum atomic E-state index is -0.459. The summed E-state index contributed by atoms with van der Waals surface area (Å²) in [6.07, 6.45) is 0.236. The van der Waals surface area contributed by atoms with Crippen molar-refractivity contribution in [2.75, 3.05) is 6.54 Å². The van der Waals surface area contributed by atoms with Crippen molar-refractivity contribution in [2.45, 2.75) is 32.8 Å². The first kappa shape index (κ1) is 11.7. The number of carbonyl (C=O) groups is 2. The molecule has 13 heavy (non-hydrogen) atoms. The highest BCUT2D eigenvalue weighted by Gasteiger charge is 2.03. The molecule has 0 spiro atoms. The summed E-state index contributed by atoms with van der Waals surface area (Å²) in [4.78, 5) is 21.1. The number of amides is 2. The van der Waals surface area contributed by atoms with Gasteiger partial charge in [-0.1, -0.05) is 0 Å². The molecule has 0 atom stereocenters. The monoisotopic (exact) mass is 188 g/mol. The van der Waals surface area contributed by atoms with E-state index >= 15 is 0 Å². The second-order valence-electron chi connectivity index (χ2n) is 2.95. The molecule has 0 saturated carbocycles. The lowest BCUT2D eigenvalue weighted by molar-refractivity contribution is -0.118. The number of primary amides is 1. The maximum Gasteiger partial charge on any atom is 0.407 e. The van der Waals surface area contributed by atoms with Crippen LogP contribution in [0.4, 0.5) is 4.79 Å². The molecule has 3 N–H and O–H groups in total. The lowest BCUT2D eigenvalue weighted by atomic mass is 10.3. The lowest BCUT2D eigenvalue weighted by Gasteiger charge is -2.08. The van der Waals surface area contributed by atoms with Crippen LogP contribution < -0.4 is 11.1 Å². The molecule has 2 amide bonds. The highest BCUT2D eigenvalue weighted by atomic mass is 16.6. The Morgan fingerprint density at radius 2 is 2.08 bits per heavy atom. The van der Waals surface area contributed by atoms with Crippen molar-refractivity contribution in [3.63, 3.8) is 0 Å². The minimum absolute atomic E-state index is 0.129. The van der Waals surface area contributed by atoms with Gasteiger partial charge in [-0.05, 0) is 20.3 Å². The summed E-state index contributed by atoms with van der Waals surface area (Å²) in [7, 11) is 0. The fourth-order valence-corrected chi connectivity index (χ4v) is 0.709. The van der Waals surface area contributed by atoms with E-state index in [4.69, 9.17) is 10.5 Å². The predicted octanol–water partition coefficient (Wildman–Crippen LogP) is 0.386. The number of ether oxygens (including phenoxy) is 1. The van der Waals surface area contributed by atoms with Gasteiger partial charge in [0, 0.05) is 13.0 Å². The van der Waals surface area contributed by atoms with Gasteiger partial charge in [0.1, 0.15) is 0 Å². The van der Waals surface area contributed by atoms with Gasteiger partial charge in [-0.2, -0.15) is 0 Å². The van der Waals surface area contributed by atoms with Crippen molar-refractivity contribution in [2.24, 2.45) is 5.73 Å². The molecule has 0 aromatic heterocycles. The second-order valence-corrected chi connectivity index (χ2v) is 2.95. The van der Waals surface area contributed by atoms with Crippen LogP contribution in [0.3, 0.4) is 0 Å². The summed E-state index contributed by atoms with van der Waals surface area (Å²) in [5.74, 6) is -0.362. The Hall–Kier alpha value is -1.26. The van der Waals surface area contributed by atoms with Crippen molar-refractivity contribution in [3.8, 4) is 0 Å². The Balaban J connectivity index is 3.32. The van der Waals surface area contributed by atoms with Gasteiger partial charge in [0.25, 0.3) is 0 Å². The molecule has 0 bridgehead atoms. The zero-order valence-corrected chi connectivity index (χ0v) is 8.00. The Morgan fingerprint density at radius 3 is 2.54 bits per heavy atom. The van der Waals surface area contributed by atoms with E-state index in [0.717, 1.165) is 0 Å². The maximum atomic E-state index is 10.8. The molecule has 0 aliphatic carbocycles. The minimum Gasteiger partial charge on any atom is -0.447 e. The number of nitrogens with one attached hydrogen (secondary N) is 1. The van der Waals surface area contributed by atoms with E-state index < -0.39 is 6.09 Å². The molecule has 0 heterocycles. The fraction of sp³-hybridized carbons (Fsp3) is 0.750. The average molecular weight is 188 g/mol. The summed E-state index contributed by atoms with van der Waals surface area (Å²) in [5, 5.41) is 2.50. The van der Waals surface area contributed by atoms with E-state index in [-0.39, 0.29) is 18.4 Å². The second kappa shape index (κ2) is 6.28. The molecular formula is C8H16N2O3. The van der Waals surface area contributed by atoms with Gasteiger partial charge in [-0.25, -0.2) is 4.79 Å². The molecule has 0 saturated heterocycles. The van der Waals surface area contributed by atoms with Crippen LogP contribution in [0.2, 0.25) is 0 Å². The zero-order valence-electron chi connectivity index (χ0n) is 8.00. The Morgan fingerprint density at radius 1 is 1.46 bits per heavy atom. The Kier molecular flexibility index (Phi) is 5.67. The number of carbonyl (C=O) groups excluding carboxylic acids is 2. The average Bonchev–Trinajstić information content (AvgIpc) is 1.96. The van der Waals surface area contributed by atoms with Crippen LogP contribution in [0.25, 0.3) is 0 Å². The summed E-state index contributed by atoms with van der Waals surface area (Å²) < 4.78 is 4.79. The molecule has 0 aliphatic heterocycles. The van der Waals surface area contributed by atoms with Gasteiger partial charge in [0.2, 0.25) is 5.91 Å². The third-order valence-electron chi connectivity index (χ3n) is 1.21. The van der Waals surface area contributed by atoms with Gasteiger partial charge >= 0.3 is 6.09 Å². The van der Waals surface area contributed by atoms with Crippen LogP contribution >= 0.6 is 0 Å². The molecule has 0 aromatic rings. The summed E-state index contributed by atoms with van der Waals surface area (Å²) in [6.45, 7) is 3.94. The van der Waals surface area contributed by atoms with Crippen molar-refractivity contribution in [1.29, 1.82) is 0 Å². The van der Waals surface area contributed by atoms with E-state index in [1.807, 2.05) is 0 Å². The van der Waals surface area contributed by atoms with Crippen LogP contribution in [0.15, 0.2) is 0 Å². The van der Waals surface area contributed by atoms with Crippen molar-refractivity contribution in [1.82, 2.24) is 5.32 Å². The van der Waals surface area contributed by atoms with E-state index in [0.29, 0.717) is 13.0 Å². The van der Waals surface area contributed by atoms with Gasteiger partial charge in [-0.15, -0.1) is 0 Å². The normalized spacial score (nSPS) is 9.77. The largest absolute Gasteiger partial charge is 0.447 e. The van der Waals surface area contributed by atoms with Crippen molar-refractivity contribution in [3.05, 3.63) is 0 Å². The quantitative estimate of drug-likeness (QED) is 0.612. The highest BCUT2D eigenvalue weighted by molar-refractivity contribution is 5.73. The summed E-state index contributed by atoms with van der Waals surface area (Å²) in [5.41, 5.74) is 4.91. The molecule has 0 fully saturated rings. The fourth-order valence-electron chi connectivity index (χ4n) is 0.709. The highest BCUT2D eigenvalue weighted by Crippen LogP contribution is 1.89. The maximum absolute atomic E-state index is 10.8. The van der Waals surface area contributed by atoms with Crippen molar-refractivity contribution < 1.29 is 14.3 Å². The van der Waals surface area contributed by atoms with Crippen LogP contribution in [0.1, 0.15) is 26.7 Å².